The summed E-state index contributed by atoms with van der Waals surface area (Å²) in [5.74, 6) is 1.93. The summed E-state index contributed by atoms with van der Waals surface area (Å²) in [5, 5.41) is 5.85. The first-order valence-electron chi connectivity index (χ1n) is 12.6. The second kappa shape index (κ2) is 8.99. The first-order valence-corrected chi connectivity index (χ1v) is 12.6. The number of primary amides is 1. The monoisotopic (exact) mass is 452 g/mol. The molecule has 3 amide bonds. The lowest BCUT2D eigenvalue weighted by molar-refractivity contribution is -0.131. The van der Waals surface area contributed by atoms with E-state index in [-0.39, 0.29) is 35.6 Å². The van der Waals surface area contributed by atoms with E-state index in [1.54, 1.807) is 0 Å². The fraction of sp³-hybridized carbons (Fsp3) is 0.654. The van der Waals surface area contributed by atoms with Gasteiger partial charge in [0.15, 0.2) is 0 Å². The molecule has 1 aliphatic heterocycles. The Balaban J connectivity index is 1.13. The molecule has 1 heterocycles. The van der Waals surface area contributed by atoms with Crippen LogP contribution in [0.15, 0.2) is 24.3 Å². The molecule has 33 heavy (non-hydrogen) atoms. The van der Waals surface area contributed by atoms with Gasteiger partial charge >= 0.3 is 0 Å². The van der Waals surface area contributed by atoms with Gasteiger partial charge in [-0.1, -0.05) is 12.1 Å². The molecule has 0 unspecified atom stereocenters. The smallest absolute Gasteiger partial charge is 0.243 e. The zero-order valence-electron chi connectivity index (χ0n) is 19.4. The van der Waals surface area contributed by atoms with Crippen LogP contribution in [-0.4, -0.2) is 37.4 Å². The summed E-state index contributed by atoms with van der Waals surface area (Å²) in [6.45, 7) is 1.44. The Morgan fingerprint density at radius 1 is 0.939 bits per heavy atom. The van der Waals surface area contributed by atoms with Crippen LogP contribution in [0.25, 0.3) is 0 Å². The van der Waals surface area contributed by atoms with Gasteiger partial charge in [-0.2, -0.15) is 0 Å². The lowest BCUT2D eigenvalue weighted by atomic mass is 9.49. The predicted molar refractivity (Wildman–Crippen MR) is 127 cm³/mol. The average Bonchev–Trinajstić information content (AvgIpc) is 2.77. The van der Waals surface area contributed by atoms with Gasteiger partial charge < -0.3 is 21.3 Å². The molecule has 0 aromatic heterocycles. The molecule has 6 rings (SSSR count). The summed E-state index contributed by atoms with van der Waals surface area (Å²) in [6.07, 6.45) is 9.68. The van der Waals surface area contributed by atoms with E-state index in [0.717, 1.165) is 55.1 Å². The number of carbonyl (C=O) groups is 3. The lowest BCUT2D eigenvalue weighted by Gasteiger charge is -2.56. The number of nitrogens with two attached hydrogens (primary N) is 1. The van der Waals surface area contributed by atoms with Crippen molar-refractivity contribution in [3.8, 4) is 0 Å². The van der Waals surface area contributed by atoms with Crippen LogP contribution in [0.4, 0.5) is 11.4 Å². The van der Waals surface area contributed by atoms with Gasteiger partial charge in [0, 0.05) is 25.4 Å². The third kappa shape index (κ3) is 4.87. The molecule has 178 valence electrons. The minimum Gasteiger partial charge on any atom is -0.370 e. The molecule has 4 saturated carbocycles. The first-order chi connectivity index (χ1) is 15.9. The van der Waals surface area contributed by atoms with E-state index < -0.39 is 0 Å². The SMILES string of the molecule is NC(=O)C1CCN(c2ccccc2NC(=O)CNC(=O)CC23CC4CC(CC(C4)C2)C3)CC1. The number of hydrogen-bond acceptors (Lipinski definition) is 4. The predicted octanol–water partition coefficient (Wildman–Crippen LogP) is 3.05. The fourth-order valence-electron chi connectivity index (χ4n) is 7.54. The van der Waals surface area contributed by atoms with Crippen molar-refractivity contribution in [2.24, 2.45) is 34.8 Å². The molecule has 5 aliphatic rings. The summed E-state index contributed by atoms with van der Waals surface area (Å²) in [4.78, 5) is 39.0. The van der Waals surface area contributed by atoms with Gasteiger partial charge in [-0.25, -0.2) is 0 Å². The van der Waals surface area contributed by atoms with Crippen molar-refractivity contribution in [3.63, 3.8) is 0 Å². The number of anilines is 2. The van der Waals surface area contributed by atoms with E-state index in [1.807, 2.05) is 24.3 Å². The molecule has 5 fully saturated rings. The molecule has 7 nitrogen and oxygen atoms in total. The molecule has 1 saturated heterocycles. The average molecular weight is 453 g/mol. The van der Waals surface area contributed by atoms with Gasteiger partial charge in [0.25, 0.3) is 0 Å². The first kappa shape index (κ1) is 22.2. The number of para-hydroxylation sites is 2. The largest absolute Gasteiger partial charge is 0.370 e. The molecular weight excluding hydrogens is 416 g/mol. The standard InChI is InChI=1S/C26H36N4O3/c27-25(33)20-5-7-30(8-6-20)22-4-2-1-3-21(22)29-24(32)16-28-23(31)15-26-12-17-9-18(13-26)11-19(10-17)14-26/h1-4,17-20H,5-16H2,(H2,27,33)(H,28,31)(H,29,32). The Kier molecular flexibility index (Phi) is 6.06. The number of rotatable bonds is 7. The summed E-state index contributed by atoms with van der Waals surface area (Å²) in [5.41, 5.74) is 7.30. The molecule has 4 aliphatic carbocycles. The van der Waals surface area contributed by atoms with Crippen LogP contribution in [0, 0.1) is 29.1 Å². The molecule has 1 aromatic carbocycles. The number of benzene rings is 1. The van der Waals surface area contributed by atoms with Crippen molar-refractivity contribution in [1.82, 2.24) is 5.32 Å². The Hall–Kier alpha value is -2.57. The van der Waals surface area contributed by atoms with Crippen LogP contribution in [-0.2, 0) is 14.4 Å². The molecule has 0 spiro atoms. The number of piperidine rings is 1. The van der Waals surface area contributed by atoms with E-state index in [0.29, 0.717) is 6.42 Å². The maximum Gasteiger partial charge on any atom is 0.243 e. The fourth-order valence-corrected chi connectivity index (χ4v) is 7.54. The summed E-state index contributed by atoms with van der Waals surface area (Å²) >= 11 is 0. The Morgan fingerprint density at radius 2 is 1.55 bits per heavy atom. The lowest BCUT2D eigenvalue weighted by Crippen LogP contribution is -2.48. The second-order valence-electron chi connectivity index (χ2n) is 11.1. The van der Waals surface area contributed by atoms with Crippen LogP contribution in [0.3, 0.4) is 0 Å². The number of hydrogen-bond donors (Lipinski definition) is 3. The normalized spacial score (nSPS) is 30.8. The van der Waals surface area contributed by atoms with E-state index in [4.69, 9.17) is 5.73 Å². The van der Waals surface area contributed by atoms with Gasteiger partial charge in [0.05, 0.1) is 17.9 Å². The maximum atomic E-state index is 12.7. The summed E-state index contributed by atoms with van der Waals surface area (Å²) in [7, 11) is 0. The van der Waals surface area contributed by atoms with E-state index >= 15 is 0 Å². The molecule has 7 heteroatoms. The number of nitrogens with one attached hydrogen (secondary N) is 2. The molecule has 0 atom stereocenters. The molecule has 0 radical (unpaired) electrons. The van der Waals surface area contributed by atoms with Crippen LogP contribution >= 0.6 is 0 Å². The van der Waals surface area contributed by atoms with Crippen LogP contribution < -0.4 is 21.3 Å². The van der Waals surface area contributed by atoms with Crippen molar-refractivity contribution in [3.05, 3.63) is 24.3 Å². The highest BCUT2D eigenvalue weighted by Gasteiger charge is 2.51. The molecule has 1 aromatic rings. The highest BCUT2D eigenvalue weighted by atomic mass is 16.2. The molecule has 4 bridgehead atoms. The third-order valence-corrected chi connectivity index (χ3v) is 8.56. The number of carbonyl (C=O) groups excluding carboxylic acids is 3. The zero-order chi connectivity index (χ0) is 23.0. The van der Waals surface area contributed by atoms with E-state index in [2.05, 4.69) is 15.5 Å². The minimum absolute atomic E-state index is 0.00825. The summed E-state index contributed by atoms with van der Waals surface area (Å²) in [6, 6.07) is 7.69. The Bertz CT molecular complexity index is 887. The number of nitrogens with zero attached hydrogens (tertiary/aromatic N) is 1. The van der Waals surface area contributed by atoms with Gasteiger partial charge in [-0.05, 0) is 86.7 Å². The maximum absolute atomic E-state index is 12.7. The van der Waals surface area contributed by atoms with E-state index in [9.17, 15) is 14.4 Å². The van der Waals surface area contributed by atoms with Crippen molar-refractivity contribution in [2.75, 3.05) is 29.9 Å². The van der Waals surface area contributed by atoms with Gasteiger partial charge in [-0.3, -0.25) is 14.4 Å². The number of amides is 3. The highest BCUT2D eigenvalue weighted by molar-refractivity contribution is 5.97. The van der Waals surface area contributed by atoms with E-state index in [1.165, 1.54) is 38.5 Å². The van der Waals surface area contributed by atoms with Gasteiger partial charge in [-0.15, -0.1) is 0 Å². The minimum atomic E-state index is -0.236. The quantitative estimate of drug-likeness (QED) is 0.591. The zero-order valence-corrected chi connectivity index (χ0v) is 19.4. The molecule has 4 N–H and O–H groups in total. The van der Waals surface area contributed by atoms with Crippen molar-refractivity contribution < 1.29 is 14.4 Å². The summed E-state index contributed by atoms with van der Waals surface area (Å²) < 4.78 is 0. The van der Waals surface area contributed by atoms with Crippen LogP contribution in [0.5, 0.6) is 0 Å². The van der Waals surface area contributed by atoms with Crippen LogP contribution in [0.1, 0.15) is 57.8 Å². The van der Waals surface area contributed by atoms with Crippen molar-refractivity contribution in [1.29, 1.82) is 0 Å². The second-order valence-corrected chi connectivity index (χ2v) is 11.1. The van der Waals surface area contributed by atoms with Crippen molar-refractivity contribution in [2.45, 2.75) is 57.8 Å². The van der Waals surface area contributed by atoms with Crippen molar-refractivity contribution >= 4 is 29.1 Å². The topological polar surface area (TPSA) is 105 Å². The van der Waals surface area contributed by atoms with Gasteiger partial charge in [0.1, 0.15) is 0 Å². The Labute approximate surface area is 195 Å². The van der Waals surface area contributed by atoms with Crippen LogP contribution in [0.2, 0.25) is 0 Å². The third-order valence-electron chi connectivity index (χ3n) is 8.56. The highest BCUT2D eigenvalue weighted by Crippen LogP contribution is 2.61. The van der Waals surface area contributed by atoms with Gasteiger partial charge in [0.2, 0.25) is 17.7 Å². The molecular formula is C26H36N4O3. The Morgan fingerprint density at radius 3 is 2.15 bits per heavy atom.